The van der Waals surface area contributed by atoms with Gasteiger partial charge in [-0.3, -0.25) is 20.2 Å². The van der Waals surface area contributed by atoms with E-state index in [0.717, 1.165) is 36.7 Å². The van der Waals surface area contributed by atoms with Gasteiger partial charge in [0.05, 0.1) is 16.2 Å². The average molecular weight is 510 g/mol. The Bertz CT molecular complexity index is 1120. The van der Waals surface area contributed by atoms with E-state index in [1.165, 1.54) is 18.2 Å². The van der Waals surface area contributed by atoms with Crippen LogP contribution in [0.4, 0.5) is 28.3 Å². The van der Waals surface area contributed by atoms with Gasteiger partial charge in [-0.25, -0.2) is 14.4 Å². The van der Waals surface area contributed by atoms with Crippen LogP contribution in [0.15, 0.2) is 41.4 Å². The zero-order valence-corrected chi connectivity index (χ0v) is 19.3. The maximum absolute atomic E-state index is 14.5. The van der Waals surface area contributed by atoms with Crippen molar-refractivity contribution in [2.45, 2.75) is 56.7 Å². The fourth-order valence-corrected chi connectivity index (χ4v) is 4.73. The van der Waals surface area contributed by atoms with E-state index in [1.54, 1.807) is 12.3 Å². The van der Waals surface area contributed by atoms with Gasteiger partial charge in [-0.15, -0.1) is 0 Å². The number of alkyl halides is 4. The second-order valence-corrected chi connectivity index (χ2v) is 9.40. The molecule has 4 rings (SSSR count). The minimum Gasteiger partial charge on any atom is -0.351 e. The number of nitrogens with one attached hydrogen (secondary N) is 3. The van der Waals surface area contributed by atoms with E-state index in [0.29, 0.717) is 30.0 Å². The van der Waals surface area contributed by atoms with E-state index in [1.807, 2.05) is 0 Å². The molecule has 1 unspecified atom stereocenters. The number of aromatic nitrogens is 2. The molecule has 1 aromatic carbocycles. The van der Waals surface area contributed by atoms with Crippen LogP contribution in [0.2, 0.25) is 0 Å². The fraction of sp³-hybridized carbons (Fsp3) is 0.391. The van der Waals surface area contributed by atoms with Crippen molar-refractivity contribution in [1.29, 1.82) is 0 Å². The highest BCUT2D eigenvalue weighted by Crippen LogP contribution is 2.30. The molecule has 1 aliphatic carbocycles. The fourth-order valence-electron chi connectivity index (χ4n) is 4.06. The lowest BCUT2D eigenvalue weighted by Gasteiger charge is -2.30. The van der Waals surface area contributed by atoms with Crippen LogP contribution >= 0.6 is 11.8 Å². The Morgan fingerprint density at radius 2 is 1.89 bits per heavy atom. The van der Waals surface area contributed by atoms with Crippen LogP contribution in [0.5, 0.6) is 0 Å². The average Bonchev–Trinajstić information content (AvgIpc) is 3.11. The Morgan fingerprint density at radius 3 is 2.57 bits per heavy atom. The Hall–Kier alpha value is -2.99. The van der Waals surface area contributed by atoms with Crippen molar-refractivity contribution in [2.24, 2.45) is 0 Å². The number of anilines is 1. The van der Waals surface area contributed by atoms with Gasteiger partial charge in [0.15, 0.2) is 6.30 Å². The van der Waals surface area contributed by atoms with Crippen molar-refractivity contribution in [3.63, 3.8) is 0 Å². The summed E-state index contributed by atoms with van der Waals surface area (Å²) in [5.41, 5.74) is -0.00453. The topological polar surface area (TPSA) is 96.0 Å². The van der Waals surface area contributed by atoms with E-state index in [-0.39, 0.29) is 23.4 Å². The van der Waals surface area contributed by atoms with Crippen LogP contribution in [0.3, 0.4) is 0 Å². The van der Waals surface area contributed by atoms with E-state index < -0.39 is 29.2 Å². The number of nitrogens with zero attached hydrogens (tertiary/aromatic N) is 2. The summed E-state index contributed by atoms with van der Waals surface area (Å²) in [4.78, 5) is 31.8. The number of imide groups is 1. The summed E-state index contributed by atoms with van der Waals surface area (Å²) < 4.78 is 53.1. The molecule has 2 aliphatic rings. The number of carbonyl (C=O) groups excluding carboxylic acids is 2. The summed E-state index contributed by atoms with van der Waals surface area (Å²) in [6.45, 7) is 0. The monoisotopic (exact) mass is 509 g/mol. The third kappa shape index (κ3) is 7.01. The molecule has 0 radical (unpaired) electrons. The molecule has 2 fully saturated rings. The zero-order valence-electron chi connectivity index (χ0n) is 18.4. The summed E-state index contributed by atoms with van der Waals surface area (Å²) in [5.74, 6) is -0.0726. The molecule has 0 spiro atoms. The third-order valence-corrected chi connectivity index (χ3v) is 6.55. The molecule has 35 heavy (non-hydrogen) atoms. The van der Waals surface area contributed by atoms with E-state index in [2.05, 4.69) is 25.9 Å². The molecule has 3 N–H and O–H groups in total. The molecular formula is C23H23F4N5O2S. The highest BCUT2D eigenvalue weighted by atomic mass is 32.2. The Balaban J connectivity index is 1.25. The van der Waals surface area contributed by atoms with E-state index in [4.69, 9.17) is 0 Å². The lowest BCUT2D eigenvalue weighted by molar-refractivity contribution is -0.137. The highest BCUT2D eigenvalue weighted by Gasteiger charge is 2.31. The number of thioether (sulfide) groups is 1. The molecule has 2 amide bonds. The molecule has 2 aromatic rings. The van der Waals surface area contributed by atoms with Crippen LogP contribution in [0.1, 0.15) is 42.5 Å². The van der Waals surface area contributed by atoms with Crippen molar-refractivity contribution < 1.29 is 27.2 Å². The Labute approximate surface area is 203 Å². The first-order valence-corrected chi connectivity index (χ1v) is 11.9. The molecule has 0 bridgehead atoms. The lowest BCUT2D eigenvalue weighted by Crippen LogP contribution is -2.41. The van der Waals surface area contributed by atoms with Crippen LogP contribution in [-0.4, -0.2) is 39.5 Å². The first-order chi connectivity index (χ1) is 16.7. The van der Waals surface area contributed by atoms with Crippen molar-refractivity contribution in [3.05, 3.63) is 58.3 Å². The SMILES string of the molecule is O=C1NC(=O)/C(=C\c2ccnc(NC3CCC(NC(F)Cc4cccc(C(F)(F)F)c4)CC3)n2)S1. The van der Waals surface area contributed by atoms with Gasteiger partial charge < -0.3 is 5.32 Å². The number of carbonyl (C=O) groups is 2. The number of hydrogen-bond acceptors (Lipinski definition) is 7. The highest BCUT2D eigenvalue weighted by molar-refractivity contribution is 8.18. The van der Waals surface area contributed by atoms with Gasteiger partial charge in [-0.05, 0) is 61.2 Å². The predicted molar refractivity (Wildman–Crippen MR) is 124 cm³/mol. The molecular weight excluding hydrogens is 486 g/mol. The normalized spacial score (nSPS) is 22.8. The molecule has 1 saturated heterocycles. The largest absolute Gasteiger partial charge is 0.416 e. The number of hydrogen-bond donors (Lipinski definition) is 3. The standard InChI is InChI=1S/C23H23F4N5O2S/c24-19(11-13-2-1-3-14(10-13)23(25,26)27)29-15-4-6-16(7-5-15)30-21-28-9-8-17(31-21)12-18-20(33)32-22(34)35-18/h1-3,8-10,12,15-16,19,29H,4-7,11H2,(H,28,30,31)(H,32,33,34)/b18-12+. The van der Waals surface area contributed by atoms with E-state index in [9.17, 15) is 27.2 Å². The summed E-state index contributed by atoms with van der Waals surface area (Å²) >= 11 is 0.810. The van der Waals surface area contributed by atoms with Crippen LogP contribution < -0.4 is 16.0 Å². The minimum absolute atomic E-state index is 0.0724. The van der Waals surface area contributed by atoms with Crippen molar-refractivity contribution in [3.8, 4) is 0 Å². The molecule has 1 atom stereocenters. The van der Waals surface area contributed by atoms with Crippen LogP contribution in [0.25, 0.3) is 6.08 Å². The lowest BCUT2D eigenvalue weighted by atomic mass is 9.91. The Kier molecular flexibility index (Phi) is 7.70. The van der Waals surface area contributed by atoms with Gasteiger partial charge in [0.1, 0.15) is 0 Å². The summed E-state index contributed by atoms with van der Waals surface area (Å²) in [5, 5.41) is 7.89. The van der Waals surface area contributed by atoms with Gasteiger partial charge in [0, 0.05) is 24.7 Å². The minimum atomic E-state index is -4.45. The number of amides is 2. The van der Waals surface area contributed by atoms with Gasteiger partial charge in [0.2, 0.25) is 5.95 Å². The van der Waals surface area contributed by atoms with Gasteiger partial charge >= 0.3 is 6.18 Å². The molecule has 7 nitrogen and oxygen atoms in total. The maximum Gasteiger partial charge on any atom is 0.416 e. The molecule has 1 aromatic heterocycles. The molecule has 12 heteroatoms. The second kappa shape index (κ2) is 10.7. The number of rotatable bonds is 7. The summed E-state index contributed by atoms with van der Waals surface area (Å²) in [7, 11) is 0. The molecule has 1 aliphatic heterocycles. The van der Waals surface area contributed by atoms with Gasteiger partial charge in [0.25, 0.3) is 11.1 Å². The molecule has 1 saturated carbocycles. The smallest absolute Gasteiger partial charge is 0.351 e. The third-order valence-electron chi connectivity index (χ3n) is 5.74. The van der Waals surface area contributed by atoms with Gasteiger partial charge in [-0.1, -0.05) is 18.2 Å². The van der Waals surface area contributed by atoms with Crippen LogP contribution in [0, 0.1) is 0 Å². The predicted octanol–water partition coefficient (Wildman–Crippen LogP) is 4.67. The maximum atomic E-state index is 14.5. The summed E-state index contributed by atoms with van der Waals surface area (Å²) in [6, 6.07) is 6.35. The molecule has 186 valence electrons. The molecule has 2 heterocycles. The first kappa shape index (κ1) is 25.1. The quantitative estimate of drug-likeness (QED) is 0.284. The first-order valence-electron chi connectivity index (χ1n) is 11.1. The van der Waals surface area contributed by atoms with Crippen molar-refractivity contribution >= 4 is 34.9 Å². The van der Waals surface area contributed by atoms with E-state index >= 15 is 0 Å². The van der Waals surface area contributed by atoms with Gasteiger partial charge in [-0.2, -0.15) is 13.2 Å². The van der Waals surface area contributed by atoms with Crippen LogP contribution in [-0.2, 0) is 17.4 Å². The Morgan fingerprint density at radius 1 is 1.14 bits per heavy atom. The van der Waals surface area contributed by atoms with Crippen molar-refractivity contribution in [2.75, 3.05) is 5.32 Å². The van der Waals surface area contributed by atoms with Crippen molar-refractivity contribution in [1.82, 2.24) is 20.6 Å². The number of benzene rings is 1. The number of halogens is 4. The second-order valence-electron chi connectivity index (χ2n) is 8.39. The summed E-state index contributed by atoms with van der Waals surface area (Å²) in [6.07, 6.45) is -0.139. The zero-order chi connectivity index (χ0) is 25.0.